The predicted molar refractivity (Wildman–Crippen MR) is 99.1 cm³/mol. The zero-order valence-corrected chi connectivity index (χ0v) is 15.2. The number of nitrogens with zero attached hydrogens (tertiary/aromatic N) is 2. The molecule has 3 aromatic rings. The zero-order chi connectivity index (χ0) is 17.6. The highest BCUT2D eigenvalue weighted by molar-refractivity contribution is 7.13. The van der Waals surface area contributed by atoms with Gasteiger partial charge >= 0.3 is 0 Å². The molecule has 1 N–H and O–H groups in total. The van der Waals surface area contributed by atoms with Crippen molar-refractivity contribution in [3.05, 3.63) is 63.8 Å². The van der Waals surface area contributed by atoms with Gasteiger partial charge in [0.15, 0.2) is 6.61 Å². The molecule has 0 saturated heterocycles. The van der Waals surface area contributed by atoms with Crippen molar-refractivity contribution >= 4 is 40.4 Å². The maximum absolute atomic E-state index is 12.0. The Bertz CT molecular complexity index is 872. The van der Waals surface area contributed by atoms with Gasteiger partial charge in [0.05, 0.1) is 22.1 Å². The number of carbonyl (C=O) groups excluding carboxylic acids is 1. The fraction of sp³-hybridized carbons (Fsp3) is 0.118. The molecule has 0 fully saturated rings. The Balaban J connectivity index is 1.58. The molecule has 2 aromatic heterocycles. The molecule has 2 heterocycles. The molecule has 0 aliphatic heterocycles. The normalized spacial score (nSPS) is 10.5. The first kappa shape index (κ1) is 17.7. The van der Waals surface area contributed by atoms with Crippen molar-refractivity contribution in [1.82, 2.24) is 15.3 Å². The number of aromatic nitrogens is 2. The van der Waals surface area contributed by atoms with E-state index in [1.54, 1.807) is 41.9 Å². The molecule has 0 saturated carbocycles. The number of nitrogens with one attached hydrogen (secondary N) is 1. The van der Waals surface area contributed by atoms with Gasteiger partial charge in [-0.3, -0.25) is 14.8 Å². The molecular weight excluding hydrogens is 381 g/mol. The minimum absolute atomic E-state index is 0.157. The van der Waals surface area contributed by atoms with Crippen molar-refractivity contribution in [2.75, 3.05) is 6.61 Å². The lowest BCUT2D eigenvalue weighted by atomic mass is 10.2. The minimum atomic E-state index is -0.284. The molecule has 0 aliphatic rings. The van der Waals surface area contributed by atoms with Crippen LogP contribution in [0, 0.1) is 0 Å². The van der Waals surface area contributed by atoms with Gasteiger partial charge in [-0.2, -0.15) is 0 Å². The van der Waals surface area contributed by atoms with E-state index in [-0.39, 0.29) is 19.1 Å². The summed E-state index contributed by atoms with van der Waals surface area (Å²) in [7, 11) is 0. The second-order valence-corrected chi connectivity index (χ2v) is 6.76. The van der Waals surface area contributed by atoms with E-state index in [1.165, 1.54) is 0 Å². The molecule has 0 bridgehead atoms. The van der Waals surface area contributed by atoms with Crippen LogP contribution in [-0.2, 0) is 11.3 Å². The number of amides is 1. The lowest BCUT2D eigenvalue weighted by molar-refractivity contribution is -0.123. The van der Waals surface area contributed by atoms with Crippen LogP contribution in [0.1, 0.15) is 5.69 Å². The van der Waals surface area contributed by atoms with Gasteiger partial charge in [0.1, 0.15) is 11.4 Å². The number of rotatable bonds is 6. The molecular formula is C17H13Cl2N3O2S. The van der Waals surface area contributed by atoms with Crippen LogP contribution in [0.5, 0.6) is 5.75 Å². The number of hydrogen-bond acceptors (Lipinski definition) is 5. The SMILES string of the molecule is O=C(COc1ccc(Cl)cc1Cl)NCc1nccnc1-c1cccs1. The molecule has 1 amide bonds. The number of hydrogen-bond donors (Lipinski definition) is 1. The van der Waals surface area contributed by atoms with Crippen LogP contribution in [0.25, 0.3) is 10.6 Å². The van der Waals surface area contributed by atoms with Crippen LogP contribution in [0.3, 0.4) is 0 Å². The summed E-state index contributed by atoms with van der Waals surface area (Å²) in [4.78, 5) is 21.7. The van der Waals surface area contributed by atoms with Gasteiger partial charge in [-0.15, -0.1) is 11.3 Å². The predicted octanol–water partition coefficient (Wildman–Crippen LogP) is 4.21. The summed E-state index contributed by atoms with van der Waals surface area (Å²) in [5, 5.41) is 5.60. The van der Waals surface area contributed by atoms with Crippen LogP contribution in [0.2, 0.25) is 10.0 Å². The summed E-state index contributed by atoms with van der Waals surface area (Å²) in [6.45, 7) is 0.105. The Labute approximate surface area is 158 Å². The molecule has 0 atom stereocenters. The minimum Gasteiger partial charge on any atom is -0.482 e. The highest BCUT2D eigenvalue weighted by Crippen LogP contribution is 2.27. The van der Waals surface area contributed by atoms with Crippen molar-refractivity contribution in [3.8, 4) is 16.3 Å². The zero-order valence-electron chi connectivity index (χ0n) is 12.9. The Morgan fingerprint density at radius 3 is 2.80 bits per heavy atom. The molecule has 0 unspecified atom stereocenters. The van der Waals surface area contributed by atoms with Crippen molar-refractivity contribution in [3.63, 3.8) is 0 Å². The third-order valence-corrected chi connectivity index (χ3v) is 4.64. The number of benzene rings is 1. The van der Waals surface area contributed by atoms with Crippen LogP contribution < -0.4 is 10.1 Å². The fourth-order valence-electron chi connectivity index (χ4n) is 2.08. The largest absolute Gasteiger partial charge is 0.482 e. The smallest absolute Gasteiger partial charge is 0.258 e. The summed E-state index contributed by atoms with van der Waals surface area (Å²) in [5.41, 5.74) is 1.46. The second-order valence-electron chi connectivity index (χ2n) is 4.97. The van der Waals surface area contributed by atoms with Crippen molar-refractivity contribution in [2.45, 2.75) is 6.54 Å². The summed E-state index contributed by atoms with van der Waals surface area (Å²) in [6.07, 6.45) is 3.23. The van der Waals surface area contributed by atoms with Gasteiger partial charge in [0.2, 0.25) is 0 Å². The molecule has 8 heteroatoms. The highest BCUT2D eigenvalue weighted by Gasteiger charge is 2.11. The van der Waals surface area contributed by atoms with Gasteiger partial charge < -0.3 is 10.1 Å². The second kappa shape index (κ2) is 8.29. The Morgan fingerprint density at radius 1 is 1.20 bits per heavy atom. The highest BCUT2D eigenvalue weighted by atomic mass is 35.5. The van der Waals surface area contributed by atoms with Gasteiger partial charge in [-0.25, -0.2) is 0 Å². The average molecular weight is 394 g/mol. The molecule has 0 spiro atoms. The number of ether oxygens (including phenoxy) is 1. The fourth-order valence-corrected chi connectivity index (χ4v) is 3.29. The maximum Gasteiger partial charge on any atom is 0.258 e. The number of halogens is 2. The van der Waals surface area contributed by atoms with Crippen molar-refractivity contribution in [1.29, 1.82) is 0 Å². The molecule has 0 radical (unpaired) electrons. The van der Waals surface area contributed by atoms with Gasteiger partial charge in [-0.1, -0.05) is 29.3 Å². The van der Waals surface area contributed by atoms with E-state index < -0.39 is 0 Å². The van der Waals surface area contributed by atoms with E-state index in [9.17, 15) is 4.79 Å². The Kier molecular flexibility index (Phi) is 5.86. The topological polar surface area (TPSA) is 64.1 Å². The van der Waals surface area contributed by atoms with E-state index >= 15 is 0 Å². The lowest BCUT2D eigenvalue weighted by Gasteiger charge is -2.10. The average Bonchev–Trinajstić information content (AvgIpc) is 3.14. The monoisotopic (exact) mass is 393 g/mol. The summed E-state index contributed by atoms with van der Waals surface area (Å²) in [6, 6.07) is 8.73. The molecule has 5 nitrogen and oxygen atoms in total. The quantitative estimate of drug-likeness (QED) is 0.681. The van der Waals surface area contributed by atoms with E-state index in [0.717, 1.165) is 10.6 Å². The lowest BCUT2D eigenvalue weighted by Crippen LogP contribution is -2.29. The Morgan fingerprint density at radius 2 is 2.04 bits per heavy atom. The first-order chi connectivity index (χ1) is 12.1. The molecule has 3 rings (SSSR count). The standard InChI is InChI=1S/C17H13Cl2N3O2S/c18-11-3-4-14(12(19)8-11)24-10-16(23)22-9-13-17(21-6-5-20-13)15-2-1-7-25-15/h1-8H,9-10H2,(H,22,23). The summed E-state index contributed by atoms with van der Waals surface area (Å²) in [5.74, 6) is 0.119. The number of carbonyl (C=O) groups is 1. The Hall–Kier alpha value is -2.15. The summed E-state index contributed by atoms with van der Waals surface area (Å²) < 4.78 is 5.41. The third-order valence-electron chi connectivity index (χ3n) is 3.23. The molecule has 128 valence electrons. The van der Waals surface area contributed by atoms with E-state index in [4.69, 9.17) is 27.9 Å². The molecule has 0 aliphatic carbocycles. The van der Waals surface area contributed by atoms with Crippen LogP contribution in [-0.4, -0.2) is 22.5 Å². The van der Waals surface area contributed by atoms with Gasteiger partial charge in [-0.05, 0) is 29.6 Å². The van der Waals surface area contributed by atoms with Crippen LogP contribution in [0.15, 0.2) is 48.1 Å². The van der Waals surface area contributed by atoms with Crippen molar-refractivity contribution in [2.24, 2.45) is 0 Å². The van der Waals surface area contributed by atoms with Crippen molar-refractivity contribution < 1.29 is 9.53 Å². The first-order valence-electron chi connectivity index (χ1n) is 7.32. The third kappa shape index (κ3) is 4.69. The molecule has 1 aromatic carbocycles. The first-order valence-corrected chi connectivity index (χ1v) is 8.95. The maximum atomic E-state index is 12.0. The summed E-state index contributed by atoms with van der Waals surface area (Å²) >= 11 is 13.4. The molecule has 25 heavy (non-hydrogen) atoms. The van der Waals surface area contributed by atoms with Gasteiger partial charge in [0, 0.05) is 17.4 Å². The van der Waals surface area contributed by atoms with E-state index in [2.05, 4.69) is 15.3 Å². The van der Waals surface area contributed by atoms with Crippen LogP contribution in [0.4, 0.5) is 0 Å². The van der Waals surface area contributed by atoms with E-state index in [1.807, 2.05) is 17.5 Å². The van der Waals surface area contributed by atoms with E-state index in [0.29, 0.717) is 21.5 Å². The van der Waals surface area contributed by atoms with Gasteiger partial charge in [0.25, 0.3) is 5.91 Å². The number of thiophene rings is 1. The van der Waals surface area contributed by atoms with Crippen LogP contribution >= 0.6 is 34.5 Å².